The Kier molecular flexibility index (Phi) is 5.17. The lowest BCUT2D eigenvalue weighted by molar-refractivity contribution is -0.115. The number of rotatable bonds is 7. The number of nitrogens with zero attached hydrogens (tertiary/aromatic N) is 2. The van der Waals surface area contributed by atoms with Gasteiger partial charge in [0.25, 0.3) is 5.91 Å². The Morgan fingerprint density at radius 2 is 2.12 bits per heavy atom. The van der Waals surface area contributed by atoms with Crippen LogP contribution in [0, 0.1) is 0 Å². The first kappa shape index (κ1) is 17.2. The molecule has 1 heterocycles. The molecule has 1 saturated carbocycles. The third-order valence-electron chi connectivity index (χ3n) is 3.34. The molecule has 0 saturated heterocycles. The number of carbonyl (C=O) groups is 2. The normalized spacial score (nSPS) is 13.6. The van der Waals surface area contributed by atoms with E-state index in [1.807, 2.05) is 0 Å². The summed E-state index contributed by atoms with van der Waals surface area (Å²) in [6, 6.07) is 5.32. The summed E-state index contributed by atoms with van der Waals surface area (Å²) in [4.78, 5) is 23.8. The van der Waals surface area contributed by atoms with Crippen LogP contribution in [-0.2, 0) is 4.79 Å². The zero-order valence-electron chi connectivity index (χ0n) is 12.9. The van der Waals surface area contributed by atoms with E-state index in [4.69, 9.17) is 0 Å². The van der Waals surface area contributed by atoms with E-state index in [0.717, 1.165) is 17.8 Å². The Morgan fingerprint density at radius 3 is 2.84 bits per heavy atom. The first-order valence-corrected chi connectivity index (χ1v) is 8.29. The smallest absolute Gasteiger partial charge is 0.387 e. The fraction of sp³-hybridized carbons (Fsp3) is 0.333. The van der Waals surface area contributed by atoms with Gasteiger partial charge in [-0.3, -0.25) is 14.9 Å². The highest BCUT2D eigenvalue weighted by atomic mass is 32.1. The van der Waals surface area contributed by atoms with Crippen molar-refractivity contribution >= 4 is 28.3 Å². The molecule has 1 aliphatic rings. The van der Waals surface area contributed by atoms with E-state index in [9.17, 15) is 18.4 Å². The van der Waals surface area contributed by atoms with Crippen LogP contribution in [0.3, 0.4) is 0 Å². The molecule has 1 aliphatic carbocycles. The number of carbonyl (C=O) groups excluding carboxylic acids is 2. The van der Waals surface area contributed by atoms with Crippen molar-refractivity contribution in [1.82, 2.24) is 15.5 Å². The van der Waals surface area contributed by atoms with E-state index >= 15 is 0 Å². The molecular weight excluding hydrogens is 354 g/mol. The monoisotopic (exact) mass is 368 g/mol. The highest BCUT2D eigenvalue weighted by Gasteiger charge is 2.27. The first-order valence-electron chi connectivity index (χ1n) is 7.47. The molecule has 0 radical (unpaired) electrons. The number of alkyl halides is 2. The number of ether oxygens (including phenoxy) is 1. The molecule has 2 aromatic rings. The molecule has 3 rings (SSSR count). The van der Waals surface area contributed by atoms with Gasteiger partial charge < -0.3 is 10.1 Å². The Labute approximate surface area is 145 Å². The van der Waals surface area contributed by atoms with E-state index in [2.05, 4.69) is 25.6 Å². The molecule has 0 bridgehead atoms. The molecule has 25 heavy (non-hydrogen) atoms. The van der Waals surface area contributed by atoms with Gasteiger partial charge in [-0.15, -0.1) is 10.2 Å². The average Bonchev–Trinajstić information content (AvgIpc) is 3.32. The van der Waals surface area contributed by atoms with Gasteiger partial charge in [0.15, 0.2) is 0 Å². The summed E-state index contributed by atoms with van der Waals surface area (Å²) in [6.45, 7) is -3.26. The minimum Gasteiger partial charge on any atom is -0.435 e. The number of benzene rings is 1. The first-order chi connectivity index (χ1) is 12.0. The molecule has 0 atom stereocenters. The van der Waals surface area contributed by atoms with E-state index in [1.54, 1.807) is 0 Å². The van der Waals surface area contributed by atoms with E-state index in [1.165, 1.54) is 35.6 Å². The number of anilines is 1. The van der Waals surface area contributed by atoms with Gasteiger partial charge >= 0.3 is 6.61 Å². The van der Waals surface area contributed by atoms with Gasteiger partial charge in [0, 0.05) is 11.5 Å². The van der Waals surface area contributed by atoms with Crippen molar-refractivity contribution in [2.24, 2.45) is 0 Å². The average molecular weight is 368 g/mol. The van der Waals surface area contributed by atoms with Gasteiger partial charge in [-0.05, 0) is 31.0 Å². The molecule has 7 nitrogen and oxygen atoms in total. The van der Waals surface area contributed by atoms with E-state index in [-0.39, 0.29) is 17.9 Å². The zero-order valence-corrected chi connectivity index (χ0v) is 13.7. The lowest BCUT2D eigenvalue weighted by atomic mass is 10.2. The fourth-order valence-corrected chi connectivity index (χ4v) is 2.95. The molecule has 2 amide bonds. The SMILES string of the molecule is O=C(CNC(=O)c1cccc(OC(F)F)c1)Nc1nnc(C2CC2)s1. The standard InChI is InChI=1S/C15H14F2N4O3S/c16-14(17)24-10-3-1-2-9(6-10)12(23)18-7-11(22)19-15-21-20-13(25-15)8-4-5-8/h1-3,6,8,14H,4-5,7H2,(H,18,23)(H,19,21,22). The summed E-state index contributed by atoms with van der Waals surface area (Å²) in [6.07, 6.45) is 2.18. The van der Waals surface area contributed by atoms with Crippen molar-refractivity contribution in [3.05, 3.63) is 34.8 Å². The molecular formula is C15H14F2N4O3S. The van der Waals surface area contributed by atoms with Crippen LogP contribution in [0.4, 0.5) is 13.9 Å². The van der Waals surface area contributed by atoms with Crippen molar-refractivity contribution in [2.75, 3.05) is 11.9 Å². The van der Waals surface area contributed by atoms with Gasteiger partial charge in [0.2, 0.25) is 11.0 Å². The number of hydrogen-bond acceptors (Lipinski definition) is 6. The lowest BCUT2D eigenvalue weighted by Crippen LogP contribution is -2.32. The lowest BCUT2D eigenvalue weighted by Gasteiger charge is -2.07. The van der Waals surface area contributed by atoms with Crippen LogP contribution in [-0.4, -0.2) is 35.2 Å². The largest absolute Gasteiger partial charge is 0.435 e. The highest BCUT2D eigenvalue weighted by Crippen LogP contribution is 2.41. The number of aromatic nitrogens is 2. The van der Waals surface area contributed by atoms with Crippen LogP contribution in [0.25, 0.3) is 0 Å². The molecule has 10 heteroatoms. The minimum atomic E-state index is -2.98. The van der Waals surface area contributed by atoms with Crippen molar-refractivity contribution in [2.45, 2.75) is 25.4 Å². The number of amides is 2. The maximum Gasteiger partial charge on any atom is 0.387 e. The Bertz CT molecular complexity index is 780. The molecule has 0 unspecified atom stereocenters. The zero-order chi connectivity index (χ0) is 17.8. The van der Waals surface area contributed by atoms with Crippen LogP contribution in [0.2, 0.25) is 0 Å². The summed E-state index contributed by atoms with van der Waals surface area (Å²) < 4.78 is 28.6. The summed E-state index contributed by atoms with van der Waals surface area (Å²) in [5.74, 6) is -0.711. The van der Waals surface area contributed by atoms with Crippen LogP contribution < -0.4 is 15.4 Å². The third-order valence-corrected chi connectivity index (χ3v) is 4.35. The Hall–Kier alpha value is -2.62. The second kappa shape index (κ2) is 7.51. The topological polar surface area (TPSA) is 93.2 Å². The molecule has 2 N–H and O–H groups in total. The Morgan fingerprint density at radius 1 is 1.32 bits per heavy atom. The van der Waals surface area contributed by atoms with Crippen LogP contribution in [0.15, 0.2) is 24.3 Å². The summed E-state index contributed by atoms with van der Waals surface area (Å²) in [7, 11) is 0. The quantitative estimate of drug-likeness (QED) is 0.783. The van der Waals surface area contributed by atoms with Crippen LogP contribution in [0.5, 0.6) is 5.75 Å². The summed E-state index contributed by atoms with van der Waals surface area (Å²) >= 11 is 1.32. The third kappa shape index (κ3) is 4.92. The van der Waals surface area contributed by atoms with Crippen LogP contribution in [0.1, 0.15) is 34.1 Å². The van der Waals surface area contributed by atoms with Crippen molar-refractivity contribution in [3.63, 3.8) is 0 Å². The van der Waals surface area contributed by atoms with Crippen molar-refractivity contribution < 1.29 is 23.1 Å². The predicted molar refractivity (Wildman–Crippen MR) is 85.9 cm³/mol. The maximum atomic E-state index is 12.2. The second-order valence-corrected chi connectivity index (χ2v) is 6.37. The van der Waals surface area contributed by atoms with Gasteiger partial charge in [0.1, 0.15) is 10.8 Å². The van der Waals surface area contributed by atoms with Gasteiger partial charge in [-0.25, -0.2) is 0 Å². The Balaban J connectivity index is 1.50. The summed E-state index contributed by atoms with van der Waals surface area (Å²) in [5, 5.41) is 14.1. The predicted octanol–water partition coefficient (Wildman–Crippen LogP) is 2.39. The van der Waals surface area contributed by atoms with E-state index < -0.39 is 18.4 Å². The van der Waals surface area contributed by atoms with E-state index in [0.29, 0.717) is 11.0 Å². The van der Waals surface area contributed by atoms with Gasteiger partial charge in [-0.1, -0.05) is 17.4 Å². The fourth-order valence-electron chi connectivity index (χ4n) is 2.02. The maximum absolute atomic E-state index is 12.2. The van der Waals surface area contributed by atoms with Gasteiger partial charge in [0.05, 0.1) is 6.54 Å². The molecule has 0 spiro atoms. The number of hydrogen-bond donors (Lipinski definition) is 2. The molecule has 1 aromatic heterocycles. The highest BCUT2D eigenvalue weighted by molar-refractivity contribution is 7.15. The second-order valence-electron chi connectivity index (χ2n) is 5.36. The number of halogens is 2. The molecule has 0 aliphatic heterocycles. The van der Waals surface area contributed by atoms with Crippen LogP contribution >= 0.6 is 11.3 Å². The van der Waals surface area contributed by atoms with Crippen molar-refractivity contribution in [1.29, 1.82) is 0 Å². The number of nitrogens with one attached hydrogen (secondary N) is 2. The molecule has 1 aromatic carbocycles. The molecule has 1 fully saturated rings. The van der Waals surface area contributed by atoms with Crippen molar-refractivity contribution in [3.8, 4) is 5.75 Å². The van der Waals surface area contributed by atoms with Gasteiger partial charge in [-0.2, -0.15) is 8.78 Å². The minimum absolute atomic E-state index is 0.109. The summed E-state index contributed by atoms with van der Waals surface area (Å²) in [5.41, 5.74) is 0.109. The molecule has 132 valence electrons.